The van der Waals surface area contributed by atoms with Gasteiger partial charge in [-0.2, -0.15) is 0 Å². The predicted molar refractivity (Wildman–Crippen MR) is 227 cm³/mol. The molecule has 0 spiro atoms. The van der Waals surface area contributed by atoms with Crippen LogP contribution in [0.4, 0.5) is 17.1 Å². The van der Waals surface area contributed by atoms with Gasteiger partial charge in [-0.3, -0.25) is 0 Å². The Morgan fingerprint density at radius 1 is 0.385 bits per heavy atom. The van der Waals surface area contributed by atoms with Gasteiger partial charge in [0, 0.05) is 62.8 Å². The molecule has 0 atom stereocenters. The fraction of sp³-hybridized carbons (Fsp3) is 0.0612. The van der Waals surface area contributed by atoms with Crippen molar-refractivity contribution in [1.29, 1.82) is 0 Å². The van der Waals surface area contributed by atoms with Crippen LogP contribution in [0, 0.1) is 0 Å². The molecule has 3 heteroatoms. The highest BCUT2D eigenvalue weighted by atomic mass is 32.1. The molecular formula is C49H33NS2. The van der Waals surface area contributed by atoms with E-state index in [1.165, 1.54) is 84.5 Å². The van der Waals surface area contributed by atoms with Crippen LogP contribution in [0.25, 0.3) is 73.4 Å². The second kappa shape index (κ2) is 11.1. The van der Waals surface area contributed by atoms with E-state index in [-0.39, 0.29) is 5.41 Å². The Labute approximate surface area is 310 Å². The van der Waals surface area contributed by atoms with E-state index >= 15 is 0 Å². The van der Waals surface area contributed by atoms with Crippen LogP contribution in [0.15, 0.2) is 164 Å². The minimum atomic E-state index is -0.0364. The lowest BCUT2D eigenvalue weighted by molar-refractivity contribution is 0.660. The zero-order chi connectivity index (χ0) is 34.6. The summed E-state index contributed by atoms with van der Waals surface area (Å²) in [6.45, 7) is 4.70. The maximum atomic E-state index is 2.44. The van der Waals surface area contributed by atoms with Crippen LogP contribution >= 0.6 is 22.7 Å². The molecule has 0 saturated heterocycles. The number of fused-ring (bicyclic) bond motifs is 10. The zero-order valence-electron chi connectivity index (χ0n) is 28.9. The minimum absolute atomic E-state index is 0.0364. The normalized spacial score (nSPS) is 13.3. The molecule has 1 aliphatic carbocycles. The fourth-order valence-electron chi connectivity index (χ4n) is 8.69. The van der Waals surface area contributed by atoms with E-state index in [9.17, 15) is 0 Å². The summed E-state index contributed by atoms with van der Waals surface area (Å²) in [6, 6.07) is 61.2. The van der Waals surface area contributed by atoms with Crippen molar-refractivity contribution in [2.75, 3.05) is 4.90 Å². The summed E-state index contributed by atoms with van der Waals surface area (Å²) in [5, 5.41) is 7.86. The van der Waals surface area contributed by atoms with Crippen LogP contribution in [0.5, 0.6) is 0 Å². The molecule has 0 radical (unpaired) electrons. The SMILES string of the molecule is CC1(C)c2ccccc2-c2cc(N(c3ccc(-c4cccc5cc6c(cc45)sc4ccccc46)cc3)c3ccc4sc5ccccc5c4c3)ccc21. The molecular weight excluding hydrogens is 667 g/mol. The van der Waals surface area contributed by atoms with Crippen molar-refractivity contribution in [2.45, 2.75) is 19.3 Å². The van der Waals surface area contributed by atoms with Crippen LogP contribution in [0.2, 0.25) is 0 Å². The Bertz CT molecular complexity index is 3050. The molecule has 2 aromatic heterocycles. The van der Waals surface area contributed by atoms with Gasteiger partial charge in [0.25, 0.3) is 0 Å². The van der Waals surface area contributed by atoms with Crippen LogP contribution < -0.4 is 4.90 Å². The molecule has 0 N–H and O–H groups in total. The quantitative estimate of drug-likeness (QED) is 0.177. The van der Waals surface area contributed by atoms with Crippen molar-refractivity contribution in [3.05, 3.63) is 175 Å². The molecule has 11 rings (SSSR count). The first-order chi connectivity index (χ1) is 25.5. The number of hydrogen-bond acceptors (Lipinski definition) is 3. The van der Waals surface area contributed by atoms with E-state index in [4.69, 9.17) is 0 Å². The topological polar surface area (TPSA) is 3.24 Å². The van der Waals surface area contributed by atoms with Gasteiger partial charge in [0.05, 0.1) is 0 Å². The number of thiophene rings is 2. The smallest absolute Gasteiger partial charge is 0.0468 e. The summed E-state index contributed by atoms with van der Waals surface area (Å²) >= 11 is 3.75. The van der Waals surface area contributed by atoms with Crippen molar-refractivity contribution in [3.63, 3.8) is 0 Å². The maximum absolute atomic E-state index is 2.44. The maximum Gasteiger partial charge on any atom is 0.0468 e. The van der Waals surface area contributed by atoms with Crippen LogP contribution in [-0.4, -0.2) is 0 Å². The van der Waals surface area contributed by atoms with Gasteiger partial charge in [-0.05, 0) is 111 Å². The summed E-state index contributed by atoms with van der Waals surface area (Å²) < 4.78 is 5.31. The molecule has 0 fully saturated rings. The van der Waals surface area contributed by atoms with E-state index in [2.05, 4.69) is 183 Å². The lowest BCUT2D eigenvalue weighted by atomic mass is 9.82. The molecule has 2 heterocycles. The Kier molecular flexibility index (Phi) is 6.41. The van der Waals surface area contributed by atoms with Crippen molar-refractivity contribution in [1.82, 2.24) is 0 Å². The Morgan fingerprint density at radius 2 is 0.981 bits per heavy atom. The fourth-order valence-corrected chi connectivity index (χ4v) is 10.9. The average molecular weight is 700 g/mol. The van der Waals surface area contributed by atoms with Gasteiger partial charge in [0.2, 0.25) is 0 Å². The first kappa shape index (κ1) is 29.9. The highest BCUT2D eigenvalue weighted by molar-refractivity contribution is 7.26. The molecule has 0 saturated carbocycles. The third kappa shape index (κ3) is 4.40. The molecule has 8 aromatic carbocycles. The van der Waals surface area contributed by atoms with Gasteiger partial charge < -0.3 is 4.90 Å². The summed E-state index contributed by atoms with van der Waals surface area (Å²) in [7, 11) is 0. The molecule has 1 nitrogen and oxygen atoms in total. The van der Waals surface area contributed by atoms with Gasteiger partial charge in [-0.25, -0.2) is 0 Å². The lowest BCUT2D eigenvalue weighted by Crippen LogP contribution is -2.15. The van der Waals surface area contributed by atoms with E-state index in [0.29, 0.717) is 0 Å². The molecule has 0 aliphatic heterocycles. The third-order valence-corrected chi connectivity index (χ3v) is 13.5. The standard InChI is InChI=1S/C49H33NS2/c1-49(2)43-15-6-3-11-36(43)40-27-33(22-24-44(40)49)50(34-23-25-47-42(28-34)38-13-5-7-16-45(38)51-47)32-20-18-30(19-21-32)35-14-9-10-31-26-41-37-12-4-8-17-46(37)52-48(41)29-39(31)35/h3-29H,1-2H3. The predicted octanol–water partition coefficient (Wildman–Crippen LogP) is 15.0. The summed E-state index contributed by atoms with van der Waals surface area (Å²) in [5.74, 6) is 0. The van der Waals surface area contributed by atoms with Crippen molar-refractivity contribution < 1.29 is 0 Å². The monoisotopic (exact) mass is 699 g/mol. The molecule has 10 aromatic rings. The molecule has 246 valence electrons. The zero-order valence-corrected chi connectivity index (χ0v) is 30.5. The van der Waals surface area contributed by atoms with Gasteiger partial charge >= 0.3 is 0 Å². The first-order valence-electron chi connectivity index (χ1n) is 17.9. The first-order valence-corrected chi connectivity index (χ1v) is 19.5. The van der Waals surface area contributed by atoms with Crippen LogP contribution in [-0.2, 0) is 5.41 Å². The molecule has 0 unspecified atom stereocenters. The van der Waals surface area contributed by atoms with Gasteiger partial charge in [-0.1, -0.05) is 111 Å². The number of hydrogen-bond donors (Lipinski definition) is 0. The molecule has 0 bridgehead atoms. The van der Waals surface area contributed by atoms with Gasteiger partial charge in [0.1, 0.15) is 0 Å². The minimum Gasteiger partial charge on any atom is -0.310 e. The Morgan fingerprint density at radius 3 is 1.79 bits per heavy atom. The average Bonchev–Trinajstić information content (AvgIpc) is 3.81. The summed E-state index contributed by atoms with van der Waals surface area (Å²) in [4.78, 5) is 2.44. The second-order valence-electron chi connectivity index (χ2n) is 14.5. The van der Waals surface area contributed by atoms with Crippen LogP contribution in [0.3, 0.4) is 0 Å². The Balaban J connectivity index is 1.07. The van der Waals surface area contributed by atoms with Crippen LogP contribution in [0.1, 0.15) is 25.0 Å². The molecule has 1 aliphatic rings. The van der Waals surface area contributed by atoms with Crippen molar-refractivity contribution in [2.24, 2.45) is 0 Å². The van der Waals surface area contributed by atoms with Crippen molar-refractivity contribution >= 4 is 90.9 Å². The van der Waals surface area contributed by atoms with Crippen molar-refractivity contribution in [3.8, 4) is 22.3 Å². The lowest BCUT2D eigenvalue weighted by Gasteiger charge is -2.27. The van der Waals surface area contributed by atoms with E-state index < -0.39 is 0 Å². The van der Waals surface area contributed by atoms with Gasteiger partial charge in [-0.15, -0.1) is 22.7 Å². The number of nitrogens with zero attached hydrogens (tertiary/aromatic N) is 1. The largest absolute Gasteiger partial charge is 0.310 e. The second-order valence-corrected chi connectivity index (χ2v) is 16.7. The van der Waals surface area contributed by atoms with E-state index in [1.807, 2.05) is 22.7 Å². The van der Waals surface area contributed by atoms with Gasteiger partial charge in [0.15, 0.2) is 0 Å². The highest BCUT2D eigenvalue weighted by Crippen LogP contribution is 2.51. The number of rotatable bonds is 4. The summed E-state index contributed by atoms with van der Waals surface area (Å²) in [5.41, 5.74) is 11.3. The highest BCUT2D eigenvalue weighted by Gasteiger charge is 2.35. The number of anilines is 3. The molecule has 0 amide bonds. The molecule has 52 heavy (non-hydrogen) atoms. The Hall–Kier alpha value is -5.74. The van der Waals surface area contributed by atoms with E-state index in [0.717, 1.165) is 17.1 Å². The number of benzene rings is 8. The summed E-state index contributed by atoms with van der Waals surface area (Å²) in [6.07, 6.45) is 0. The van der Waals surface area contributed by atoms with E-state index in [1.54, 1.807) is 0 Å². The third-order valence-electron chi connectivity index (χ3n) is 11.3.